The molecule has 1 aromatic heterocycles. The number of benzene rings is 1. The molecular weight excluding hydrogens is 274 g/mol. The van der Waals surface area contributed by atoms with Crippen LogP contribution >= 0.6 is 0 Å². The fraction of sp³-hybridized carbons (Fsp3) is 0.333. The molecule has 1 aromatic carbocycles. The molecule has 0 N–H and O–H groups in total. The minimum Gasteiger partial charge on any atom is -0.365 e. The van der Waals surface area contributed by atoms with Gasteiger partial charge in [-0.2, -0.15) is 0 Å². The molecule has 4 heteroatoms. The summed E-state index contributed by atoms with van der Waals surface area (Å²) in [5, 5.41) is 0. The summed E-state index contributed by atoms with van der Waals surface area (Å²) in [4.78, 5) is 20.9. The van der Waals surface area contributed by atoms with E-state index in [1.54, 1.807) is 12.3 Å². The summed E-state index contributed by atoms with van der Waals surface area (Å²) in [6.07, 6.45) is 1.67. The van der Waals surface area contributed by atoms with Gasteiger partial charge in [0, 0.05) is 37.6 Å². The number of anilines is 1. The Morgan fingerprint density at radius 2 is 2.05 bits per heavy atom. The number of aromatic nitrogens is 1. The zero-order chi connectivity index (χ0) is 15.5. The Bertz CT molecular complexity index is 656. The van der Waals surface area contributed by atoms with Gasteiger partial charge in [0.2, 0.25) is 0 Å². The monoisotopic (exact) mass is 295 g/mol. The fourth-order valence-electron chi connectivity index (χ4n) is 2.98. The molecule has 1 fully saturated rings. The lowest BCUT2D eigenvalue weighted by molar-refractivity contribution is 0.0720. The number of hydrogen-bond donors (Lipinski definition) is 0. The van der Waals surface area contributed by atoms with E-state index in [-0.39, 0.29) is 5.91 Å². The van der Waals surface area contributed by atoms with Crippen LogP contribution < -0.4 is 4.90 Å². The number of rotatable bonds is 2. The van der Waals surface area contributed by atoms with Crippen molar-refractivity contribution in [3.8, 4) is 0 Å². The lowest BCUT2D eigenvalue weighted by atomic mass is 10.1. The maximum Gasteiger partial charge on any atom is 0.272 e. The van der Waals surface area contributed by atoms with Gasteiger partial charge in [0.15, 0.2) is 0 Å². The van der Waals surface area contributed by atoms with Crippen LogP contribution in [0.15, 0.2) is 48.7 Å². The number of amides is 1. The second kappa shape index (κ2) is 6.18. The Labute approximate surface area is 131 Å². The SMILES string of the molecule is Cc1cccc(N2CCN(C(=O)c3ccccn3)C[C@@H]2C)c1. The van der Waals surface area contributed by atoms with E-state index in [4.69, 9.17) is 0 Å². The number of piperazine rings is 1. The van der Waals surface area contributed by atoms with Crippen LogP contribution in [0.25, 0.3) is 0 Å². The van der Waals surface area contributed by atoms with Gasteiger partial charge in [-0.25, -0.2) is 0 Å². The smallest absolute Gasteiger partial charge is 0.272 e. The van der Waals surface area contributed by atoms with E-state index in [0.29, 0.717) is 11.7 Å². The second-order valence-corrected chi connectivity index (χ2v) is 5.85. The fourth-order valence-corrected chi connectivity index (χ4v) is 2.98. The van der Waals surface area contributed by atoms with Crippen molar-refractivity contribution in [2.75, 3.05) is 24.5 Å². The normalized spacial score (nSPS) is 18.4. The molecule has 0 spiro atoms. The van der Waals surface area contributed by atoms with E-state index in [1.807, 2.05) is 17.0 Å². The van der Waals surface area contributed by atoms with Gasteiger partial charge in [-0.05, 0) is 43.7 Å². The van der Waals surface area contributed by atoms with Gasteiger partial charge in [-0.1, -0.05) is 18.2 Å². The van der Waals surface area contributed by atoms with Crippen molar-refractivity contribution in [1.29, 1.82) is 0 Å². The molecule has 1 aliphatic heterocycles. The average Bonchev–Trinajstić information content (AvgIpc) is 2.55. The topological polar surface area (TPSA) is 36.4 Å². The molecule has 1 aliphatic rings. The molecule has 0 aliphatic carbocycles. The highest BCUT2D eigenvalue weighted by molar-refractivity contribution is 5.92. The van der Waals surface area contributed by atoms with Crippen LogP contribution in [0.1, 0.15) is 23.0 Å². The summed E-state index contributed by atoms with van der Waals surface area (Å²) in [6.45, 7) is 6.58. The summed E-state index contributed by atoms with van der Waals surface area (Å²) in [7, 11) is 0. The first kappa shape index (κ1) is 14.6. The third kappa shape index (κ3) is 2.96. The quantitative estimate of drug-likeness (QED) is 0.855. The van der Waals surface area contributed by atoms with E-state index in [0.717, 1.165) is 19.6 Å². The maximum atomic E-state index is 12.5. The number of hydrogen-bond acceptors (Lipinski definition) is 3. The number of aryl methyl sites for hydroxylation is 1. The van der Waals surface area contributed by atoms with Crippen molar-refractivity contribution in [3.63, 3.8) is 0 Å². The summed E-state index contributed by atoms with van der Waals surface area (Å²) in [5.41, 5.74) is 3.02. The van der Waals surface area contributed by atoms with Crippen molar-refractivity contribution < 1.29 is 4.79 Å². The predicted molar refractivity (Wildman–Crippen MR) is 88.1 cm³/mol. The molecule has 0 bridgehead atoms. The molecule has 1 atom stereocenters. The Balaban J connectivity index is 1.71. The average molecular weight is 295 g/mol. The molecule has 1 amide bonds. The van der Waals surface area contributed by atoms with Crippen molar-refractivity contribution in [1.82, 2.24) is 9.88 Å². The third-order valence-electron chi connectivity index (χ3n) is 4.13. The van der Waals surface area contributed by atoms with E-state index in [1.165, 1.54) is 11.3 Å². The van der Waals surface area contributed by atoms with Crippen LogP contribution in [-0.4, -0.2) is 41.5 Å². The maximum absolute atomic E-state index is 12.5. The first-order chi connectivity index (χ1) is 10.6. The highest BCUT2D eigenvalue weighted by Gasteiger charge is 2.27. The molecule has 22 heavy (non-hydrogen) atoms. The number of pyridine rings is 1. The molecule has 1 saturated heterocycles. The number of carbonyl (C=O) groups excluding carboxylic acids is 1. The van der Waals surface area contributed by atoms with E-state index < -0.39 is 0 Å². The molecule has 0 unspecified atom stereocenters. The Hall–Kier alpha value is -2.36. The van der Waals surface area contributed by atoms with Crippen LogP contribution in [0, 0.1) is 6.92 Å². The minimum atomic E-state index is 0.0244. The molecule has 2 aromatic rings. The molecular formula is C18H21N3O. The van der Waals surface area contributed by atoms with E-state index >= 15 is 0 Å². The summed E-state index contributed by atoms with van der Waals surface area (Å²) >= 11 is 0. The van der Waals surface area contributed by atoms with Crippen LogP contribution in [-0.2, 0) is 0 Å². The Morgan fingerprint density at radius 1 is 1.18 bits per heavy atom. The first-order valence-electron chi connectivity index (χ1n) is 7.69. The van der Waals surface area contributed by atoms with Gasteiger partial charge in [-0.3, -0.25) is 9.78 Å². The minimum absolute atomic E-state index is 0.0244. The number of carbonyl (C=O) groups is 1. The van der Waals surface area contributed by atoms with Crippen molar-refractivity contribution >= 4 is 11.6 Å². The predicted octanol–water partition coefficient (Wildman–Crippen LogP) is 2.74. The summed E-state index contributed by atoms with van der Waals surface area (Å²) in [6, 6.07) is 14.3. The van der Waals surface area contributed by atoms with Gasteiger partial charge >= 0.3 is 0 Å². The lowest BCUT2D eigenvalue weighted by Crippen LogP contribution is -2.53. The first-order valence-corrected chi connectivity index (χ1v) is 7.69. The van der Waals surface area contributed by atoms with Crippen LogP contribution in [0.4, 0.5) is 5.69 Å². The van der Waals surface area contributed by atoms with Gasteiger partial charge in [-0.15, -0.1) is 0 Å². The summed E-state index contributed by atoms with van der Waals surface area (Å²) < 4.78 is 0. The molecule has 2 heterocycles. The standard InChI is InChI=1S/C18H21N3O/c1-14-6-5-7-16(12-14)21-11-10-20(13-15(21)2)18(22)17-8-3-4-9-19-17/h3-9,12,15H,10-11,13H2,1-2H3/t15-/m0/s1. The van der Waals surface area contributed by atoms with Gasteiger partial charge in [0.05, 0.1) is 0 Å². The zero-order valence-electron chi connectivity index (χ0n) is 13.1. The second-order valence-electron chi connectivity index (χ2n) is 5.85. The van der Waals surface area contributed by atoms with E-state index in [2.05, 4.69) is 48.0 Å². The Morgan fingerprint density at radius 3 is 2.73 bits per heavy atom. The lowest BCUT2D eigenvalue weighted by Gasteiger charge is -2.41. The molecule has 0 saturated carbocycles. The summed E-state index contributed by atoms with van der Waals surface area (Å²) in [5.74, 6) is 0.0244. The van der Waals surface area contributed by atoms with Gasteiger partial charge < -0.3 is 9.80 Å². The van der Waals surface area contributed by atoms with Crippen molar-refractivity contribution in [3.05, 3.63) is 59.9 Å². The Kier molecular flexibility index (Phi) is 4.09. The van der Waals surface area contributed by atoms with Gasteiger partial charge in [0.25, 0.3) is 5.91 Å². The van der Waals surface area contributed by atoms with Crippen LogP contribution in [0.2, 0.25) is 0 Å². The highest BCUT2D eigenvalue weighted by atomic mass is 16.2. The van der Waals surface area contributed by atoms with Crippen LogP contribution in [0.3, 0.4) is 0 Å². The largest absolute Gasteiger partial charge is 0.365 e. The van der Waals surface area contributed by atoms with Crippen LogP contribution in [0.5, 0.6) is 0 Å². The molecule has 4 nitrogen and oxygen atoms in total. The van der Waals surface area contributed by atoms with Gasteiger partial charge in [0.1, 0.15) is 5.69 Å². The van der Waals surface area contributed by atoms with Crippen molar-refractivity contribution in [2.45, 2.75) is 19.9 Å². The highest BCUT2D eigenvalue weighted by Crippen LogP contribution is 2.22. The van der Waals surface area contributed by atoms with Crippen molar-refractivity contribution in [2.24, 2.45) is 0 Å². The molecule has 0 radical (unpaired) electrons. The number of nitrogens with zero attached hydrogens (tertiary/aromatic N) is 3. The molecule has 3 rings (SSSR count). The van der Waals surface area contributed by atoms with E-state index in [9.17, 15) is 4.79 Å². The third-order valence-corrected chi connectivity index (χ3v) is 4.13. The zero-order valence-corrected chi connectivity index (χ0v) is 13.1. The molecule has 114 valence electrons.